The van der Waals surface area contributed by atoms with E-state index in [9.17, 15) is 4.79 Å². The molecule has 3 rings (SSSR count). The van der Waals surface area contributed by atoms with E-state index in [0.29, 0.717) is 24.6 Å². The highest BCUT2D eigenvalue weighted by Gasteiger charge is 2.19. The lowest BCUT2D eigenvalue weighted by molar-refractivity contribution is -0.115. The van der Waals surface area contributed by atoms with Crippen molar-refractivity contribution in [2.45, 2.75) is 26.3 Å². The van der Waals surface area contributed by atoms with Gasteiger partial charge in [-0.2, -0.15) is 0 Å². The maximum atomic E-state index is 11.7. The van der Waals surface area contributed by atoms with Gasteiger partial charge in [0.05, 0.1) is 6.42 Å². The number of carbonyl (C=O) groups is 1. The molecule has 20 heavy (non-hydrogen) atoms. The maximum absolute atomic E-state index is 11.7. The summed E-state index contributed by atoms with van der Waals surface area (Å²) in [6, 6.07) is 10.1. The topological polar surface area (TPSA) is 72.2 Å². The number of fused-ring (bicyclic) bond motifs is 1. The molecular weight excluding hydrogens is 254 g/mol. The molecule has 0 atom stereocenters. The summed E-state index contributed by atoms with van der Waals surface area (Å²) in [5.41, 5.74) is 1.97. The molecule has 1 amide bonds. The number of hydrogen-bond donors (Lipinski definition) is 1. The van der Waals surface area contributed by atoms with Crippen LogP contribution in [0.2, 0.25) is 0 Å². The second-order valence-electron chi connectivity index (χ2n) is 4.79. The Morgan fingerprint density at radius 1 is 1.30 bits per heavy atom. The van der Waals surface area contributed by atoms with Crippen molar-refractivity contribution >= 4 is 23.3 Å². The van der Waals surface area contributed by atoms with E-state index < -0.39 is 0 Å². The zero-order chi connectivity index (χ0) is 13.9. The molecule has 0 saturated heterocycles. The third kappa shape index (κ3) is 2.59. The molecule has 1 aromatic heterocycles. The average Bonchev–Trinajstić information content (AvgIpc) is 2.72. The Morgan fingerprint density at radius 3 is 2.90 bits per heavy atom. The summed E-state index contributed by atoms with van der Waals surface area (Å²) in [4.78, 5) is 16.0. The third-order valence-corrected chi connectivity index (χ3v) is 3.14. The van der Waals surface area contributed by atoms with E-state index in [1.54, 1.807) is 4.68 Å². The monoisotopic (exact) mass is 269 g/mol. The Balaban J connectivity index is 1.81. The highest BCUT2D eigenvalue weighted by atomic mass is 16.1. The van der Waals surface area contributed by atoms with Gasteiger partial charge in [-0.3, -0.25) is 4.79 Å². The highest BCUT2D eigenvalue weighted by Crippen LogP contribution is 2.25. The Labute approximate surface area is 116 Å². The number of aliphatic imine (C=N–C) groups is 1. The molecule has 6 nitrogen and oxygen atoms in total. The average molecular weight is 269 g/mol. The fourth-order valence-electron chi connectivity index (χ4n) is 2.16. The number of aryl methyl sites for hydroxylation is 2. The number of carbonyl (C=O) groups excluding carboxylic acids is 1. The lowest BCUT2D eigenvalue weighted by Gasteiger charge is -2.06. The van der Waals surface area contributed by atoms with Crippen LogP contribution in [-0.4, -0.2) is 26.6 Å². The first-order valence-electron chi connectivity index (χ1n) is 6.54. The molecule has 102 valence electrons. The number of aromatic nitrogens is 3. The molecule has 0 unspecified atom stereocenters. The summed E-state index contributed by atoms with van der Waals surface area (Å²) in [5.74, 6) is 0.998. The predicted molar refractivity (Wildman–Crippen MR) is 76.2 cm³/mol. The first-order chi connectivity index (χ1) is 9.72. The Hall–Kier alpha value is -2.50. The van der Waals surface area contributed by atoms with Crippen molar-refractivity contribution in [1.82, 2.24) is 15.0 Å². The van der Waals surface area contributed by atoms with Crippen LogP contribution < -0.4 is 5.32 Å². The Morgan fingerprint density at radius 2 is 2.10 bits per heavy atom. The van der Waals surface area contributed by atoms with Gasteiger partial charge in [0, 0.05) is 12.3 Å². The van der Waals surface area contributed by atoms with Crippen LogP contribution in [-0.2, 0) is 17.8 Å². The number of nitrogens with zero attached hydrogens (tertiary/aromatic N) is 4. The van der Waals surface area contributed by atoms with Crippen molar-refractivity contribution in [3.05, 3.63) is 35.9 Å². The summed E-state index contributed by atoms with van der Waals surface area (Å²) in [6.07, 6.45) is 1.13. The second-order valence-corrected chi connectivity index (χ2v) is 4.79. The van der Waals surface area contributed by atoms with Gasteiger partial charge in [-0.05, 0) is 18.9 Å². The second kappa shape index (κ2) is 5.24. The van der Waals surface area contributed by atoms with Gasteiger partial charge in [0.1, 0.15) is 0 Å². The fourth-order valence-corrected chi connectivity index (χ4v) is 2.16. The van der Waals surface area contributed by atoms with Gasteiger partial charge in [0.25, 0.3) is 0 Å². The van der Waals surface area contributed by atoms with Crippen molar-refractivity contribution in [3.8, 4) is 0 Å². The van der Waals surface area contributed by atoms with Crippen molar-refractivity contribution in [2.24, 2.45) is 4.99 Å². The molecule has 1 aromatic carbocycles. The van der Waals surface area contributed by atoms with Crippen LogP contribution in [0, 0.1) is 0 Å². The highest BCUT2D eigenvalue weighted by molar-refractivity contribution is 6.08. The molecule has 0 spiro atoms. The van der Waals surface area contributed by atoms with Gasteiger partial charge < -0.3 is 5.32 Å². The minimum Gasteiger partial charge on any atom is -0.307 e. The molecule has 0 saturated carbocycles. The lowest BCUT2D eigenvalue weighted by atomic mass is 10.1. The molecule has 1 aliphatic heterocycles. The van der Waals surface area contributed by atoms with E-state index in [-0.39, 0.29) is 5.91 Å². The van der Waals surface area contributed by atoms with Crippen molar-refractivity contribution in [2.75, 3.05) is 5.32 Å². The van der Waals surface area contributed by atoms with Gasteiger partial charge in [-0.15, -0.1) is 5.10 Å². The number of hydrogen-bond acceptors (Lipinski definition) is 4. The number of rotatable bonds is 3. The first-order valence-corrected chi connectivity index (χ1v) is 6.54. The quantitative estimate of drug-likeness (QED) is 0.925. The van der Waals surface area contributed by atoms with Gasteiger partial charge in [0.2, 0.25) is 11.7 Å². The standard InChI is InChI=1S/C14H15N5O/c1-10-9-12(20)16-14-13(15-10)17-18-19(14)8-7-11-5-3-2-4-6-11/h2-6H,7-9H2,1H3,(H,16,20). The van der Waals surface area contributed by atoms with Gasteiger partial charge in [-0.25, -0.2) is 9.67 Å². The number of benzene rings is 1. The fraction of sp³-hybridized carbons (Fsp3) is 0.286. The number of anilines is 1. The lowest BCUT2D eigenvalue weighted by Crippen LogP contribution is -2.16. The molecule has 2 heterocycles. The predicted octanol–water partition coefficient (Wildman–Crippen LogP) is 1.96. The van der Waals surface area contributed by atoms with E-state index in [0.717, 1.165) is 12.1 Å². The minimum absolute atomic E-state index is 0.0757. The van der Waals surface area contributed by atoms with Gasteiger partial charge in [-0.1, -0.05) is 35.5 Å². The van der Waals surface area contributed by atoms with Crippen LogP contribution in [0.1, 0.15) is 18.9 Å². The summed E-state index contributed by atoms with van der Waals surface area (Å²) in [7, 11) is 0. The number of amides is 1. The summed E-state index contributed by atoms with van der Waals surface area (Å²) in [6.45, 7) is 2.47. The minimum atomic E-state index is -0.0757. The molecular formula is C14H15N5O. The van der Waals surface area contributed by atoms with Crippen LogP contribution in [0.5, 0.6) is 0 Å². The van der Waals surface area contributed by atoms with E-state index >= 15 is 0 Å². The number of nitrogens with one attached hydrogen (secondary N) is 1. The summed E-state index contributed by atoms with van der Waals surface area (Å²) >= 11 is 0. The van der Waals surface area contributed by atoms with E-state index in [2.05, 4.69) is 32.8 Å². The van der Waals surface area contributed by atoms with Crippen LogP contribution in [0.25, 0.3) is 0 Å². The molecule has 1 aliphatic rings. The first kappa shape index (κ1) is 12.5. The third-order valence-electron chi connectivity index (χ3n) is 3.14. The van der Waals surface area contributed by atoms with E-state index in [4.69, 9.17) is 0 Å². The van der Waals surface area contributed by atoms with Crippen LogP contribution in [0.3, 0.4) is 0 Å². The van der Waals surface area contributed by atoms with Crippen LogP contribution in [0.15, 0.2) is 35.3 Å². The molecule has 0 fully saturated rings. The molecule has 0 radical (unpaired) electrons. The van der Waals surface area contributed by atoms with E-state index in [1.807, 2.05) is 25.1 Å². The van der Waals surface area contributed by atoms with Gasteiger partial charge >= 0.3 is 0 Å². The Bertz CT molecular complexity index is 659. The molecule has 0 aliphatic carbocycles. The molecule has 6 heteroatoms. The largest absolute Gasteiger partial charge is 0.307 e. The molecule has 2 aromatic rings. The van der Waals surface area contributed by atoms with E-state index in [1.165, 1.54) is 5.56 Å². The van der Waals surface area contributed by atoms with Crippen molar-refractivity contribution in [1.29, 1.82) is 0 Å². The van der Waals surface area contributed by atoms with Crippen molar-refractivity contribution in [3.63, 3.8) is 0 Å². The zero-order valence-electron chi connectivity index (χ0n) is 11.2. The summed E-state index contributed by atoms with van der Waals surface area (Å²) < 4.78 is 1.70. The SMILES string of the molecule is CC1=Nc2nnn(CCc3ccccc3)c2NC(=O)C1. The van der Waals surface area contributed by atoms with Crippen LogP contribution in [0.4, 0.5) is 11.6 Å². The smallest absolute Gasteiger partial charge is 0.231 e. The van der Waals surface area contributed by atoms with Crippen molar-refractivity contribution < 1.29 is 4.79 Å². The summed E-state index contributed by atoms with van der Waals surface area (Å²) in [5, 5.41) is 10.9. The normalized spacial score (nSPS) is 14.2. The molecule has 1 N–H and O–H groups in total. The zero-order valence-corrected chi connectivity index (χ0v) is 11.2. The molecule has 0 bridgehead atoms. The van der Waals surface area contributed by atoms with Crippen LogP contribution >= 0.6 is 0 Å². The maximum Gasteiger partial charge on any atom is 0.231 e. The van der Waals surface area contributed by atoms with Gasteiger partial charge in [0.15, 0.2) is 5.82 Å². The Kier molecular flexibility index (Phi) is 3.28.